The van der Waals surface area contributed by atoms with Gasteiger partial charge in [-0.25, -0.2) is 12.8 Å². The highest BCUT2D eigenvalue weighted by Crippen LogP contribution is 2.29. The molecule has 1 N–H and O–H groups in total. The zero-order chi connectivity index (χ0) is 30.3. The number of carbonyl (C=O) groups excluding carboxylic acids is 2. The SMILES string of the molecule is CC[C@@H](C)NC(=O)[C@H](CC)N(Cc1c(Cl)cccc1Cl)C(=O)CN(c1ccc(C)cc1)S(=O)(=O)c1ccc(F)cc1. The molecule has 0 aliphatic heterocycles. The topological polar surface area (TPSA) is 86.8 Å². The van der Waals surface area contributed by atoms with Gasteiger partial charge in [0, 0.05) is 28.2 Å². The normalized spacial score (nSPS) is 12.9. The second kappa shape index (κ2) is 14.2. The Bertz CT molecular complexity index is 1450. The van der Waals surface area contributed by atoms with Crippen LogP contribution in [0.3, 0.4) is 0 Å². The highest BCUT2D eigenvalue weighted by atomic mass is 35.5. The molecule has 0 saturated heterocycles. The summed E-state index contributed by atoms with van der Waals surface area (Å²) in [5, 5.41) is 3.53. The van der Waals surface area contributed by atoms with E-state index in [-0.39, 0.29) is 35.5 Å². The second-order valence-electron chi connectivity index (χ2n) is 9.76. The first-order chi connectivity index (χ1) is 19.4. The molecule has 0 radical (unpaired) electrons. The Morgan fingerprint density at radius 3 is 2.05 bits per heavy atom. The maximum absolute atomic E-state index is 14.1. The maximum Gasteiger partial charge on any atom is 0.264 e. The van der Waals surface area contributed by atoms with Gasteiger partial charge in [-0.05, 0) is 75.2 Å². The van der Waals surface area contributed by atoms with E-state index in [1.165, 1.54) is 4.90 Å². The van der Waals surface area contributed by atoms with Crippen molar-refractivity contribution in [3.63, 3.8) is 0 Å². The molecule has 3 aromatic carbocycles. The number of rotatable bonds is 12. The molecule has 41 heavy (non-hydrogen) atoms. The fourth-order valence-electron chi connectivity index (χ4n) is 4.19. The number of hydrogen-bond donors (Lipinski definition) is 1. The monoisotopic (exact) mass is 621 g/mol. The summed E-state index contributed by atoms with van der Waals surface area (Å²) < 4.78 is 42.2. The van der Waals surface area contributed by atoms with E-state index >= 15 is 0 Å². The molecule has 2 amide bonds. The van der Waals surface area contributed by atoms with E-state index in [1.807, 2.05) is 20.8 Å². The number of benzene rings is 3. The third kappa shape index (κ3) is 7.99. The van der Waals surface area contributed by atoms with Crippen LogP contribution in [0.5, 0.6) is 0 Å². The summed E-state index contributed by atoms with van der Waals surface area (Å²) in [4.78, 5) is 28.6. The summed E-state index contributed by atoms with van der Waals surface area (Å²) in [5.74, 6) is -1.61. The van der Waals surface area contributed by atoms with Gasteiger partial charge in [-0.1, -0.05) is 60.8 Å². The lowest BCUT2D eigenvalue weighted by atomic mass is 10.1. The number of carbonyl (C=O) groups is 2. The number of halogens is 3. The number of nitrogens with zero attached hydrogens (tertiary/aromatic N) is 2. The minimum atomic E-state index is -4.31. The van der Waals surface area contributed by atoms with E-state index in [0.717, 1.165) is 34.1 Å². The third-order valence-corrected chi connectivity index (χ3v) is 9.28. The van der Waals surface area contributed by atoms with Crippen LogP contribution in [-0.4, -0.2) is 43.8 Å². The number of sulfonamides is 1. The third-order valence-electron chi connectivity index (χ3n) is 6.78. The molecule has 7 nitrogen and oxygen atoms in total. The van der Waals surface area contributed by atoms with E-state index in [2.05, 4.69) is 5.32 Å². The number of anilines is 1. The van der Waals surface area contributed by atoms with Gasteiger partial charge in [-0.2, -0.15) is 0 Å². The number of hydrogen-bond acceptors (Lipinski definition) is 4. The highest BCUT2D eigenvalue weighted by Gasteiger charge is 2.34. The Morgan fingerprint density at radius 2 is 1.51 bits per heavy atom. The maximum atomic E-state index is 14.1. The second-order valence-corrected chi connectivity index (χ2v) is 12.4. The fraction of sp³-hybridized carbons (Fsp3) is 0.333. The van der Waals surface area contributed by atoms with Gasteiger partial charge in [-0.3, -0.25) is 13.9 Å². The summed E-state index contributed by atoms with van der Waals surface area (Å²) in [6.07, 6.45) is 0.939. The Kier molecular flexibility index (Phi) is 11.2. The van der Waals surface area contributed by atoms with E-state index < -0.39 is 34.3 Å². The molecular formula is C30H34Cl2FN3O4S. The van der Waals surface area contributed by atoms with E-state index in [0.29, 0.717) is 22.0 Å². The largest absolute Gasteiger partial charge is 0.352 e. The van der Waals surface area contributed by atoms with Gasteiger partial charge in [0.25, 0.3) is 10.0 Å². The van der Waals surface area contributed by atoms with Crippen LogP contribution in [0.15, 0.2) is 71.6 Å². The van der Waals surface area contributed by atoms with Gasteiger partial charge < -0.3 is 10.2 Å². The molecule has 0 heterocycles. The first-order valence-electron chi connectivity index (χ1n) is 13.3. The molecule has 2 atom stereocenters. The molecule has 0 aliphatic carbocycles. The number of amides is 2. The van der Waals surface area contributed by atoms with Crippen LogP contribution in [0, 0.1) is 12.7 Å². The van der Waals surface area contributed by atoms with Crippen molar-refractivity contribution in [2.24, 2.45) is 0 Å². The van der Waals surface area contributed by atoms with Crippen molar-refractivity contribution in [1.82, 2.24) is 10.2 Å². The molecule has 11 heteroatoms. The van der Waals surface area contributed by atoms with Crippen molar-refractivity contribution in [1.29, 1.82) is 0 Å². The lowest BCUT2D eigenvalue weighted by Gasteiger charge is -2.34. The molecular weight excluding hydrogens is 588 g/mol. The van der Waals surface area contributed by atoms with Crippen LogP contribution >= 0.6 is 23.2 Å². The first-order valence-corrected chi connectivity index (χ1v) is 15.5. The highest BCUT2D eigenvalue weighted by molar-refractivity contribution is 7.92. The van der Waals surface area contributed by atoms with Crippen molar-refractivity contribution >= 4 is 50.7 Å². The van der Waals surface area contributed by atoms with Gasteiger partial charge >= 0.3 is 0 Å². The Labute approximate surface area is 251 Å². The average molecular weight is 623 g/mol. The number of aryl methyl sites for hydroxylation is 1. The van der Waals surface area contributed by atoms with E-state index in [1.54, 1.807) is 49.4 Å². The molecule has 0 saturated carbocycles. The van der Waals surface area contributed by atoms with Crippen molar-refractivity contribution < 1.29 is 22.4 Å². The Morgan fingerprint density at radius 1 is 0.927 bits per heavy atom. The molecule has 0 aliphatic rings. The summed E-state index contributed by atoms with van der Waals surface area (Å²) in [6, 6.07) is 14.9. The lowest BCUT2D eigenvalue weighted by Crippen LogP contribution is -2.53. The van der Waals surface area contributed by atoms with Gasteiger partial charge in [0.15, 0.2) is 0 Å². The van der Waals surface area contributed by atoms with Crippen molar-refractivity contribution in [3.8, 4) is 0 Å². The summed E-state index contributed by atoms with van der Waals surface area (Å²) in [5.41, 5.74) is 1.56. The summed E-state index contributed by atoms with van der Waals surface area (Å²) >= 11 is 12.9. The quantitative estimate of drug-likeness (QED) is 0.255. The van der Waals surface area contributed by atoms with E-state index in [4.69, 9.17) is 23.2 Å². The first kappa shape index (κ1) is 32.4. The predicted octanol–water partition coefficient (Wildman–Crippen LogP) is 6.36. The van der Waals surface area contributed by atoms with Crippen LogP contribution in [0.4, 0.5) is 10.1 Å². The molecule has 0 aromatic heterocycles. The van der Waals surface area contributed by atoms with Gasteiger partial charge in [0.1, 0.15) is 18.4 Å². The van der Waals surface area contributed by atoms with Crippen LogP contribution in [0.1, 0.15) is 44.7 Å². The molecule has 0 bridgehead atoms. The molecule has 3 aromatic rings. The van der Waals surface area contributed by atoms with Gasteiger partial charge in [0.05, 0.1) is 10.6 Å². The molecule has 0 unspecified atom stereocenters. The van der Waals surface area contributed by atoms with Crippen LogP contribution < -0.4 is 9.62 Å². The molecule has 3 rings (SSSR count). The average Bonchev–Trinajstić information content (AvgIpc) is 2.93. The van der Waals surface area contributed by atoms with Crippen LogP contribution in [0.2, 0.25) is 10.0 Å². The Hall–Kier alpha value is -3.14. The summed E-state index contributed by atoms with van der Waals surface area (Å²) in [6.45, 7) is 6.65. The molecule has 0 fully saturated rings. The minimum Gasteiger partial charge on any atom is -0.352 e. The van der Waals surface area contributed by atoms with Crippen molar-refractivity contribution in [2.75, 3.05) is 10.8 Å². The molecule has 0 spiro atoms. The van der Waals surface area contributed by atoms with Gasteiger partial charge in [-0.15, -0.1) is 0 Å². The van der Waals surface area contributed by atoms with Gasteiger partial charge in [0.2, 0.25) is 11.8 Å². The smallest absolute Gasteiger partial charge is 0.264 e. The van der Waals surface area contributed by atoms with E-state index in [9.17, 15) is 22.4 Å². The van der Waals surface area contributed by atoms with Crippen LogP contribution in [0.25, 0.3) is 0 Å². The zero-order valence-corrected chi connectivity index (χ0v) is 25.7. The standard InChI is InChI=1S/C30H34Cl2FN3O4S/c1-5-21(4)34-30(38)28(6-2)35(18-25-26(31)8-7-9-27(25)32)29(37)19-36(23-14-10-20(3)11-15-23)41(39,40)24-16-12-22(33)13-17-24/h7-17,21,28H,5-6,18-19H2,1-4H3,(H,34,38)/t21-,28+/m1/s1. The lowest BCUT2D eigenvalue weighted by molar-refractivity contribution is -0.140. The van der Waals surface area contributed by atoms with Crippen LogP contribution in [-0.2, 0) is 26.2 Å². The summed E-state index contributed by atoms with van der Waals surface area (Å²) in [7, 11) is -4.31. The predicted molar refractivity (Wildman–Crippen MR) is 161 cm³/mol. The number of nitrogens with one attached hydrogen (secondary N) is 1. The van der Waals surface area contributed by atoms with Crippen molar-refractivity contribution in [3.05, 3.63) is 93.7 Å². The fourth-order valence-corrected chi connectivity index (χ4v) is 6.12. The minimum absolute atomic E-state index is 0.123. The zero-order valence-electron chi connectivity index (χ0n) is 23.4. The molecule has 220 valence electrons. The van der Waals surface area contributed by atoms with Crippen molar-refractivity contribution in [2.45, 2.75) is 64.1 Å². The Balaban J connectivity index is 2.09.